The van der Waals surface area contributed by atoms with Crippen molar-refractivity contribution >= 4 is 13.1 Å². The summed E-state index contributed by atoms with van der Waals surface area (Å²) in [6.45, 7) is 20.0. The third kappa shape index (κ3) is 6.17. The van der Waals surface area contributed by atoms with Crippen LogP contribution in [0.25, 0.3) is 0 Å². The second-order valence-electron chi connectivity index (χ2n) is 12.1. The Morgan fingerprint density at radius 3 is 2.18 bits per heavy atom. The topological polar surface area (TPSA) is 79.0 Å². The van der Waals surface area contributed by atoms with Crippen LogP contribution < -0.4 is 0 Å². The van der Waals surface area contributed by atoms with E-state index in [1.807, 2.05) is 86.4 Å². The van der Waals surface area contributed by atoms with Crippen LogP contribution >= 0.6 is 0 Å². The first-order valence-corrected chi connectivity index (χ1v) is 12.1. The van der Waals surface area contributed by atoms with Crippen molar-refractivity contribution in [3.05, 3.63) is 23.5 Å². The fourth-order valence-corrected chi connectivity index (χ4v) is 3.86. The third-order valence-corrected chi connectivity index (χ3v) is 6.38. The highest BCUT2D eigenvalue weighted by Gasteiger charge is 2.56. The minimum atomic E-state index is -0.615. The second-order valence-corrected chi connectivity index (χ2v) is 12.1. The molecule has 0 aromatic heterocycles. The number of allylic oxidation sites excluding steroid dienone is 1. The van der Waals surface area contributed by atoms with Gasteiger partial charge in [0.2, 0.25) is 0 Å². The molecule has 8 nitrogen and oxygen atoms in total. The van der Waals surface area contributed by atoms with E-state index in [0.717, 1.165) is 5.47 Å². The van der Waals surface area contributed by atoms with Gasteiger partial charge in [-0.3, -0.25) is 0 Å². The molecule has 0 aromatic carbocycles. The minimum absolute atomic E-state index is 0.216. The van der Waals surface area contributed by atoms with Crippen LogP contribution in [0.15, 0.2) is 23.5 Å². The lowest BCUT2D eigenvalue weighted by atomic mass is 9.76. The molecule has 0 aromatic rings. The highest BCUT2D eigenvalue weighted by atomic mass is 16.7. The Morgan fingerprint density at radius 2 is 1.68 bits per heavy atom. The molecule has 0 bridgehead atoms. The number of hydrogen-bond donors (Lipinski definition) is 0. The summed E-state index contributed by atoms with van der Waals surface area (Å²) in [4.78, 5) is 15.2. The van der Waals surface area contributed by atoms with E-state index in [4.69, 9.17) is 28.3 Å². The molecule has 9 heteroatoms. The van der Waals surface area contributed by atoms with Gasteiger partial charge in [0.15, 0.2) is 6.23 Å². The summed E-state index contributed by atoms with van der Waals surface area (Å²) in [5.41, 5.74) is -1.15. The molecule has 0 radical (unpaired) electrons. The van der Waals surface area contributed by atoms with E-state index in [-0.39, 0.29) is 23.9 Å². The second kappa shape index (κ2) is 9.15. The van der Waals surface area contributed by atoms with Crippen LogP contribution in [0, 0.1) is 0 Å². The van der Waals surface area contributed by atoms with Gasteiger partial charge in [0.1, 0.15) is 23.5 Å². The summed E-state index contributed by atoms with van der Waals surface area (Å²) < 4.78 is 36.0. The van der Waals surface area contributed by atoms with Gasteiger partial charge < -0.3 is 33.2 Å². The third-order valence-electron chi connectivity index (χ3n) is 6.38. The molecule has 0 aliphatic carbocycles. The maximum atomic E-state index is 13.3. The highest BCUT2D eigenvalue weighted by Crippen LogP contribution is 2.43. The molecule has 0 saturated carbocycles. The number of carbonyl (C=O) groups is 1. The lowest BCUT2D eigenvalue weighted by Gasteiger charge is -2.32. The Morgan fingerprint density at radius 1 is 1.09 bits per heavy atom. The number of esters is 1. The van der Waals surface area contributed by atoms with Gasteiger partial charge in [-0.2, -0.15) is 0 Å². The molecule has 3 atom stereocenters. The molecule has 2 fully saturated rings. The van der Waals surface area contributed by atoms with Crippen LogP contribution in [0.4, 0.5) is 0 Å². The van der Waals surface area contributed by atoms with Crippen LogP contribution in [0.2, 0.25) is 0 Å². The van der Waals surface area contributed by atoms with Crippen molar-refractivity contribution in [2.45, 2.75) is 116 Å². The summed E-state index contributed by atoms with van der Waals surface area (Å²) in [6.07, 6.45) is 3.71. The van der Waals surface area contributed by atoms with E-state index >= 15 is 0 Å². The molecule has 3 rings (SSSR count). The van der Waals surface area contributed by atoms with Gasteiger partial charge in [-0.1, -0.05) is 0 Å². The van der Waals surface area contributed by atoms with E-state index in [1.165, 1.54) is 0 Å². The maximum absolute atomic E-state index is 13.3. The zero-order valence-corrected chi connectivity index (χ0v) is 22.7. The molecule has 0 amide bonds. The van der Waals surface area contributed by atoms with E-state index in [0.29, 0.717) is 18.8 Å². The van der Waals surface area contributed by atoms with Crippen LogP contribution in [0.3, 0.4) is 0 Å². The zero-order valence-electron chi connectivity index (χ0n) is 22.7. The van der Waals surface area contributed by atoms with Crippen molar-refractivity contribution in [1.29, 1.82) is 0 Å². The number of rotatable bonds is 7. The number of carbonyl (C=O) groups excluding carboxylic acids is 1. The average Bonchev–Trinajstić information content (AvgIpc) is 3.37. The molecular formula is C25H42BNO7. The summed E-state index contributed by atoms with van der Waals surface area (Å²) in [5.74, 6) is 0.240. The van der Waals surface area contributed by atoms with Crippen molar-refractivity contribution < 1.29 is 33.1 Å². The lowest BCUT2D eigenvalue weighted by molar-refractivity contribution is -0.162. The Balaban J connectivity index is 1.89. The molecule has 192 valence electrons. The predicted molar refractivity (Wildman–Crippen MR) is 130 cm³/mol. The quantitative estimate of drug-likeness (QED) is 0.308. The lowest BCUT2D eigenvalue weighted by Crippen LogP contribution is -2.45. The maximum Gasteiger partial charge on any atom is 0.498 e. The van der Waals surface area contributed by atoms with Crippen molar-refractivity contribution in [3.8, 4) is 0 Å². The van der Waals surface area contributed by atoms with E-state index in [2.05, 4.69) is 0 Å². The number of hydrogen-bond acceptors (Lipinski definition) is 8. The fraction of sp³-hybridized carbons (Fsp3) is 0.800. The normalized spacial score (nSPS) is 26.8. The average molecular weight is 479 g/mol. The van der Waals surface area contributed by atoms with Crippen molar-refractivity contribution in [1.82, 2.24) is 4.90 Å². The molecule has 3 aliphatic heterocycles. The van der Waals surface area contributed by atoms with E-state index in [1.54, 1.807) is 7.11 Å². The van der Waals surface area contributed by atoms with Crippen LogP contribution in [0.1, 0.15) is 75.7 Å². The monoisotopic (exact) mass is 479 g/mol. The van der Waals surface area contributed by atoms with Crippen LogP contribution in [-0.2, 0) is 33.1 Å². The minimum Gasteiger partial charge on any atom is -0.496 e. The van der Waals surface area contributed by atoms with Gasteiger partial charge in [-0.05, 0) is 75.3 Å². The van der Waals surface area contributed by atoms with Gasteiger partial charge in [0, 0.05) is 24.7 Å². The van der Waals surface area contributed by atoms with Crippen molar-refractivity contribution in [3.63, 3.8) is 0 Å². The van der Waals surface area contributed by atoms with E-state index in [9.17, 15) is 4.79 Å². The van der Waals surface area contributed by atoms with Crippen molar-refractivity contribution in [2.75, 3.05) is 13.7 Å². The zero-order chi connectivity index (χ0) is 25.7. The summed E-state index contributed by atoms with van der Waals surface area (Å²) in [5, 5.41) is 0. The predicted octanol–water partition coefficient (Wildman–Crippen LogP) is 3.99. The standard InChI is InChI=1S/C25H42BNO7/c1-22(2,3)30-13-12-17(21(28)32-23(4,5)6)27-15-19(29-11)16(14-18-20(27)31-18)26-33-24(7,8)25(9,10)34-26/h14-15,17-18,20H,12-13H2,1-11H3. The molecular weight excluding hydrogens is 437 g/mol. The molecule has 3 unspecified atom stereocenters. The first-order valence-electron chi connectivity index (χ1n) is 12.1. The number of nitrogens with zero attached hydrogens (tertiary/aromatic N) is 1. The van der Waals surface area contributed by atoms with Crippen molar-refractivity contribution in [2.24, 2.45) is 0 Å². The number of methoxy groups -OCH3 is 1. The van der Waals surface area contributed by atoms with E-state index < -0.39 is 30.0 Å². The van der Waals surface area contributed by atoms with Gasteiger partial charge >= 0.3 is 13.1 Å². The summed E-state index contributed by atoms with van der Waals surface area (Å²) in [7, 11) is 0.997. The number of ether oxygens (including phenoxy) is 4. The molecule has 34 heavy (non-hydrogen) atoms. The van der Waals surface area contributed by atoms with Crippen LogP contribution in [-0.4, -0.2) is 72.5 Å². The summed E-state index contributed by atoms with van der Waals surface area (Å²) >= 11 is 0. The fourth-order valence-electron chi connectivity index (χ4n) is 3.86. The number of fused-ring (bicyclic) bond motifs is 1. The smallest absolute Gasteiger partial charge is 0.496 e. The molecule has 3 heterocycles. The first-order chi connectivity index (χ1) is 15.4. The Kier molecular flexibility index (Phi) is 7.28. The van der Waals surface area contributed by atoms with Gasteiger partial charge in [-0.25, -0.2) is 4.79 Å². The molecule has 0 spiro atoms. The summed E-state index contributed by atoms with van der Waals surface area (Å²) in [6, 6.07) is -0.604. The highest BCUT2D eigenvalue weighted by molar-refractivity contribution is 6.56. The number of epoxide rings is 1. The van der Waals surface area contributed by atoms with Gasteiger partial charge in [-0.15, -0.1) is 0 Å². The molecule has 3 aliphatic rings. The Hall–Kier alpha value is -1.55. The molecule has 2 saturated heterocycles. The van der Waals surface area contributed by atoms with Gasteiger partial charge in [0.25, 0.3) is 0 Å². The van der Waals surface area contributed by atoms with Gasteiger partial charge in [0.05, 0.1) is 23.9 Å². The molecule has 0 N–H and O–H groups in total. The Labute approximate surface area is 205 Å². The van der Waals surface area contributed by atoms with Crippen LogP contribution in [0.5, 0.6) is 0 Å². The first kappa shape index (κ1) is 27.0. The SMILES string of the molecule is COC1=CN(C(CCOC(C)(C)C)C(=O)OC(C)(C)C)C2OC2C=C1B1OC(C)(C)C(C)(C)O1. The Bertz CT molecular complexity index is 821. The largest absolute Gasteiger partial charge is 0.498 e.